The van der Waals surface area contributed by atoms with E-state index < -0.39 is 53.1 Å². The Hall–Kier alpha value is -3.64. The van der Waals surface area contributed by atoms with Crippen LogP contribution in [0.4, 0.5) is 4.79 Å². The van der Waals surface area contributed by atoms with Crippen LogP contribution in [0, 0.1) is 6.92 Å². The molecular weight excluding hydrogens is 496 g/mol. The second-order valence-corrected chi connectivity index (χ2v) is 10.3. The molecule has 0 radical (unpaired) electrons. The van der Waals surface area contributed by atoms with Crippen LogP contribution in [0.3, 0.4) is 0 Å². The van der Waals surface area contributed by atoms with Gasteiger partial charge in [0, 0.05) is 23.9 Å². The first-order valence-electron chi connectivity index (χ1n) is 12.5. The number of hydrogen-bond acceptors (Lipinski definition) is 8. The molecule has 0 aliphatic heterocycles. The molecule has 1 aliphatic rings. The third-order valence-electron chi connectivity index (χ3n) is 6.12. The number of hydrogen-bond donors (Lipinski definition) is 5. The van der Waals surface area contributed by atoms with Gasteiger partial charge in [0.25, 0.3) is 11.5 Å². The summed E-state index contributed by atoms with van der Waals surface area (Å²) < 4.78 is 12.0. The number of H-pyrrole nitrogens is 1. The number of aliphatic hydroxyl groups is 2. The highest BCUT2D eigenvalue weighted by molar-refractivity contribution is 5.94. The summed E-state index contributed by atoms with van der Waals surface area (Å²) in [5, 5.41) is 26.7. The summed E-state index contributed by atoms with van der Waals surface area (Å²) in [5.74, 6) is 0.126. The fourth-order valence-corrected chi connectivity index (χ4v) is 4.17. The van der Waals surface area contributed by atoms with E-state index in [0.29, 0.717) is 49.3 Å². The molecule has 1 aromatic heterocycles. The van der Waals surface area contributed by atoms with E-state index in [2.05, 4.69) is 15.6 Å². The summed E-state index contributed by atoms with van der Waals surface area (Å²) >= 11 is 0. The molecule has 1 saturated carbocycles. The van der Waals surface area contributed by atoms with E-state index in [-0.39, 0.29) is 0 Å². The molecule has 0 unspecified atom stereocenters. The van der Waals surface area contributed by atoms with Crippen molar-refractivity contribution < 1.29 is 29.3 Å². The molecule has 4 atom stereocenters. The Morgan fingerprint density at radius 1 is 1.11 bits per heavy atom. The van der Waals surface area contributed by atoms with Crippen LogP contribution in [0.5, 0.6) is 5.75 Å². The Kier molecular flexibility index (Phi) is 9.34. The van der Waals surface area contributed by atoms with Gasteiger partial charge >= 0.3 is 11.8 Å². The number of aromatic amines is 1. The zero-order chi connectivity index (χ0) is 28.0. The average Bonchev–Trinajstić information content (AvgIpc) is 2.84. The minimum absolute atomic E-state index is 0.310. The van der Waals surface area contributed by atoms with Crippen LogP contribution in [0.15, 0.2) is 40.1 Å². The standard InChI is InChI=1S/C26H36N4O8/c1-15-14-30(24(35)29-22(15)33)19-11-10-18(20(31)21(19)32)28-23(34)16-6-8-17(9-7-16)37-13-5-12-27-25(36)38-26(2,3)4/h6-9,14,18-21,31-32H,5,10-13H2,1-4H3,(H,27,36)(H,28,34)(H,29,33,35)/t18-,19-,20-,21-/m1/s1. The molecule has 12 nitrogen and oxygen atoms in total. The first-order valence-corrected chi connectivity index (χ1v) is 12.5. The highest BCUT2D eigenvalue weighted by Crippen LogP contribution is 2.29. The van der Waals surface area contributed by atoms with E-state index in [1.807, 2.05) is 0 Å². The van der Waals surface area contributed by atoms with Gasteiger partial charge in [0.15, 0.2) is 0 Å². The molecule has 12 heteroatoms. The second-order valence-electron chi connectivity index (χ2n) is 10.3. The molecule has 1 aromatic carbocycles. The van der Waals surface area contributed by atoms with Crippen LogP contribution in [-0.4, -0.2) is 68.8 Å². The highest BCUT2D eigenvalue weighted by atomic mass is 16.6. The van der Waals surface area contributed by atoms with Crippen molar-refractivity contribution >= 4 is 12.0 Å². The van der Waals surface area contributed by atoms with Crippen LogP contribution in [0.1, 0.15) is 62.0 Å². The molecule has 38 heavy (non-hydrogen) atoms. The molecule has 1 aliphatic carbocycles. The van der Waals surface area contributed by atoms with Crippen LogP contribution in [-0.2, 0) is 4.74 Å². The third-order valence-corrected chi connectivity index (χ3v) is 6.12. The van der Waals surface area contributed by atoms with E-state index in [9.17, 15) is 29.4 Å². The lowest BCUT2D eigenvalue weighted by Gasteiger charge is -2.38. The summed E-state index contributed by atoms with van der Waals surface area (Å²) in [7, 11) is 0. The van der Waals surface area contributed by atoms with Crippen LogP contribution >= 0.6 is 0 Å². The molecule has 0 saturated heterocycles. The number of benzene rings is 1. The lowest BCUT2D eigenvalue weighted by atomic mass is 9.85. The van der Waals surface area contributed by atoms with E-state index in [1.54, 1.807) is 52.0 Å². The van der Waals surface area contributed by atoms with Gasteiger partial charge in [-0.2, -0.15) is 0 Å². The van der Waals surface area contributed by atoms with Gasteiger partial charge in [-0.1, -0.05) is 0 Å². The van der Waals surface area contributed by atoms with Crippen molar-refractivity contribution in [1.82, 2.24) is 20.2 Å². The topological polar surface area (TPSA) is 172 Å². The van der Waals surface area contributed by atoms with Gasteiger partial charge < -0.3 is 30.3 Å². The Balaban J connectivity index is 1.47. The number of aryl methyl sites for hydroxylation is 1. The Morgan fingerprint density at radius 3 is 2.45 bits per heavy atom. The minimum Gasteiger partial charge on any atom is -0.494 e. The van der Waals surface area contributed by atoms with Crippen LogP contribution in [0.25, 0.3) is 0 Å². The average molecular weight is 533 g/mol. The van der Waals surface area contributed by atoms with Crippen molar-refractivity contribution in [2.75, 3.05) is 13.2 Å². The van der Waals surface area contributed by atoms with Gasteiger partial charge in [-0.15, -0.1) is 0 Å². The first-order chi connectivity index (χ1) is 17.9. The fourth-order valence-electron chi connectivity index (χ4n) is 4.17. The largest absolute Gasteiger partial charge is 0.494 e. The molecule has 0 spiro atoms. The van der Waals surface area contributed by atoms with E-state index in [0.717, 1.165) is 0 Å². The fraction of sp³-hybridized carbons (Fsp3) is 0.538. The summed E-state index contributed by atoms with van der Waals surface area (Å²) in [6.07, 6.45) is -0.565. The highest BCUT2D eigenvalue weighted by Gasteiger charge is 2.39. The normalized spacial score (nSPS) is 21.4. The molecule has 0 bridgehead atoms. The quantitative estimate of drug-likeness (QED) is 0.313. The van der Waals surface area contributed by atoms with Crippen molar-refractivity contribution in [3.8, 4) is 5.75 Å². The number of aliphatic hydroxyl groups excluding tert-OH is 2. The monoisotopic (exact) mass is 532 g/mol. The lowest BCUT2D eigenvalue weighted by molar-refractivity contribution is -0.0570. The maximum Gasteiger partial charge on any atom is 0.407 e. The molecule has 208 valence electrons. The van der Waals surface area contributed by atoms with Crippen molar-refractivity contribution in [2.45, 2.75) is 76.9 Å². The molecule has 1 heterocycles. The Labute approximate surface area is 220 Å². The number of ether oxygens (including phenoxy) is 2. The second kappa shape index (κ2) is 12.3. The Bertz CT molecular complexity index is 1230. The van der Waals surface area contributed by atoms with Gasteiger partial charge in [-0.25, -0.2) is 9.59 Å². The molecular formula is C26H36N4O8. The van der Waals surface area contributed by atoms with Gasteiger partial charge in [-0.3, -0.25) is 19.1 Å². The van der Waals surface area contributed by atoms with Gasteiger partial charge in [0.2, 0.25) is 0 Å². The molecule has 2 aromatic rings. The third kappa shape index (κ3) is 7.68. The number of nitrogens with zero attached hydrogens (tertiary/aromatic N) is 1. The SMILES string of the molecule is Cc1cn([C@@H]2CC[C@@H](NC(=O)c3ccc(OCCCNC(=O)OC(C)(C)C)cc3)[C@@H](O)[C@@H]2O)c(=O)[nH]c1=O. The summed E-state index contributed by atoms with van der Waals surface area (Å²) in [6, 6.07) is 4.99. The smallest absolute Gasteiger partial charge is 0.407 e. The number of alkyl carbamates (subject to hydrolysis) is 1. The van der Waals surface area contributed by atoms with Crippen molar-refractivity contribution in [3.05, 3.63) is 62.4 Å². The number of carbonyl (C=O) groups is 2. The predicted molar refractivity (Wildman–Crippen MR) is 138 cm³/mol. The zero-order valence-electron chi connectivity index (χ0n) is 22.0. The number of nitrogens with one attached hydrogen (secondary N) is 3. The van der Waals surface area contributed by atoms with Gasteiger partial charge in [-0.05, 0) is 71.2 Å². The summed E-state index contributed by atoms with van der Waals surface area (Å²) in [6.45, 7) is 7.66. The van der Waals surface area contributed by atoms with Crippen LogP contribution < -0.4 is 26.6 Å². The molecule has 2 amide bonds. The number of rotatable bonds is 8. The van der Waals surface area contributed by atoms with Crippen molar-refractivity contribution in [2.24, 2.45) is 0 Å². The summed E-state index contributed by atoms with van der Waals surface area (Å²) in [5.41, 5.74) is -1.07. The van der Waals surface area contributed by atoms with Gasteiger partial charge in [0.05, 0.1) is 18.7 Å². The van der Waals surface area contributed by atoms with E-state index in [1.165, 1.54) is 10.8 Å². The maximum absolute atomic E-state index is 12.7. The minimum atomic E-state index is -1.32. The van der Waals surface area contributed by atoms with Crippen LogP contribution in [0.2, 0.25) is 0 Å². The lowest BCUT2D eigenvalue weighted by Crippen LogP contribution is -2.55. The van der Waals surface area contributed by atoms with E-state index >= 15 is 0 Å². The van der Waals surface area contributed by atoms with Crippen molar-refractivity contribution in [3.63, 3.8) is 0 Å². The maximum atomic E-state index is 12.7. The molecule has 5 N–H and O–H groups in total. The zero-order valence-corrected chi connectivity index (χ0v) is 22.0. The van der Waals surface area contributed by atoms with E-state index in [4.69, 9.17) is 9.47 Å². The van der Waals surface area contributed by atoms with Crippen molar-refractivity contribution in [1.29, 1.82) is 0 Å². The first kappa shape index (κ1) is 28.9. The number of carbonyl (C=O) groups excluding carboxylic acids is 2. The predicted octanol–water partition coefficient (Wildman–Crippen LogP) is 0.994. The number of amides is 2. The molecule has 3 rings (SSSR count). The summed E-state index contributed by atoms with van der Waals surface area (Å²) in [4.78, 5) is 50.4. The Morgan fingerprint density at radius 2 is 1.79 bits per heavy atom. The molecule has 1 fully saturated rings. The number of aromatic nitrogens is 2. The van der Waals surface area contributed by atoms with Gasteiger partial charge in [0.1, 0.15) is 23.6 Å².